The van der Waals surface area contributed by atoms with Crippen LogP contribution >= 0.6 is 11.6 Å². The summed E-state index contributed by atoms with van der Waals surface area (Å²) < 4.78 is 25.6. The molecule has 2 nitrogen and oxygen atoms in total. The number of rotatable bonds is 0. The van der Waals surface area contributed by atoms with Gasteiger partial charge in [0.05, 0.1) is 22.4 Å². The quantitative estimate of drug-likeness (QED) is 0.732. The molecule has 2 rings (SSSR count). The molecule has 0 atom stereocenters. The molecule has 0 fully saturated rings. The molecule has 0 radical (unpaired) electrons. The fraction of sp³-hybridized carbons (Fsp3) is 0. The molecule has 0 aliphatic rings. The zero-order chi connectivity index (χ0) is 10.3. The van der Waals surface area contributed by atoms with Crippen molar-refractivity contribution < 1.29 is 8.78 Å². The summed E-state index contributed by atoms with van der Waals surface area (Å²) in [6.07, 6.45) is 1.31. The van der Waals surface area contributed by atoms with Gasteiger partial charge in [0.15, 0.2) is 11.6 Å². The average molecular weight is 215 g/mol. The molecule has 0 bridgehead atoms. The van der Waals surface area contributed by atoms with E-state index in [0.717, 1.165) is 12.1 Å². The van der Waals surface area contributed by atoms with Gasteiger partial charge in [0.2, 0.25) is 0 Å². The first-order chi connectivity index (χ1) is 6.59. The number of nitrogens with two attached hydrogens (primary N) is 1. The predicted molar refractivity (Wildman–Crippen MR) is 51.1 cm³/mol. The maximum Gasteiger partial charge on any atom is 0.161 e. The minimum Gasteiger partial charge on any atom is -0.396 e. The van der Waals surface area contributed by atoms with Crippen LogP contribution in [-0.2, 0) is 0 Å². The second-order valence-electron chi connectivity index (χ2n) is 2.81. The lowest BCUT2D eigenvalue weighted by atomic mass is 10.2. The summed E-state index contributed by atoms with van der Waals surface area (Å²) >= 11 is 5.80. The zero-order valence-electron chi connectivity index (χ0n) is 6.89. The molecule has 0 saturated carbocycles. The molecule has 0 aliphatic carbocycles. The van der Waals surface area contributed by atoms with Gasteiger partial charge >= 0.3 is 0 Å². The lowest BCUT2D eigenvalue weighted by Crippen LogP contribution is -1.92. The number of hydrogen-bond acceptors (Lipinski definition) is 2. The van der Waals surface area contributed by atoms with Crippen molar-refractivity contribution in [3.05, 3.63) is 35.0 Å². The lowest BCUT2D eigenvalue weighted by Gasteiger charge is -2.03. The third-order valence-electron chi connectivity index (χ3n) is 1.87. The molecular weight excluding hydrogens is 210 g/mol. The highest BCUT2D eigenvalue weighted by atomic mass is 35.5. The highest BCUT2D eigenvalue weighted by Crippen LogP contribution is 2.28. The largest absolute Gasteiger partial charge is 0.396 e. The summed E-state index contributed by atoms with van der Waals surface area (Å²) in [4.78, 5) is 3.83. The van der Waals surface area contributed by atoms with Crippen LogP contribution in [0.5, 0.6) is 0 Å². The molecule has 0 amide bonds. The summed E-state index contributed by atoms with van der Waals surface area (Å²) in [5.41, 5.74) is 5.98. The summed E-state index contributed by atoms with van der Waals surface area (Å²) in [6, 6.07) is 1.96. The number of pyridine rings is 1. The van der Waals surface area contributed by atoms with Crippen molar-refractivity contribution in [3.63, 3.8) is 0 Å². The molecule has 0 saturated heterocycles. The minimum atomic E-state index is -0.966. The Hall–Kier alpha value is -1.42. The summed E-state index contributed by atoms with van der Waals surface area (Å²) in [7, 11) is 0. The zero-order valence-corrected chi connectivity index (χ0v) is 7.65. The van der Waals surface area contributed by atoms with E-state index in [9.17, 15) is 8.78 Å². The molecule has 2 N–H and O–H groups in total. The van der Waals surface area contributed by atoms with Gasteiger partial charge in [0, 0.05) is 11.5 Å². The van der Waals surface area contributed by atoms with Gasteiger partial charge < -0.3 is 5.73 Å². The number of halogens is 3. The number of fused-ring (bicyclic) bond motifs is 1. The van der Waals surface area contributed by atoms with Gasteiger partial charge in [0.25, 0.3) is 0 Å². The normalized spacial score (nSPS) is 10.8. The van der Waals surface area contributed by atoms with Crippen LogP contribution in [-0.4, -0.2) is 4.98 Å². The second-order valence-corrected chi connectivity index (χ2v) is 3.19. The van der Waals surface area contributed by atoms with Crippen molar-refractivity contribution in [3.8, 4) is 0 Å². The van der Waals surface area contributed by atoms with Gasteiger partial charge in [0.1, 0.15) is 0 Å². The Labute approximate surface area is 83.3 Å². The van der Waals surface area contributed by atoms with Crippen LogP contribution < -0.4 is 5.73 Å². The van der Waals surface area contributed by atoms with Crippen LogP contribution in [0.3, 0.4) is 0 Å². The maximum absolute atomic E-state index is 12.9. The monoisotopic (exact) mass is 214 g/mol. The van der Waals surface area contributed by atoms with E-state index >= 15 is 0 Å². The van der Waals surface area contributed by atoms with Crippen molar-refractivity contribution in [2.75, 3.05) is 5.73 Å². The van der Waals surface area contributed by atoms with Crippen LogP contribution in [0.4, 0.5) is 14.5 Å². The molecule has 5 heteroatoms. The van der Waals surface area contributed by atoms with Crippen LogP contribution in [0.1, 0.15) is 0 Å². The van der Waals surface area contributed by atoms with Gasteiger partial charge in [-0.3, -0.25) is 4.98 Å². The molecule has 72 valence electrons. The number of aromatic nitrogens is 1. The Bertz CT molecular complexity index is 514. The lowest BCUT2D eigenvalue weighted by molar-refractivity contribution is 0.510. The summed E-state index contributed by atoms with van der Waals surface area (Å²) in [5.74, 6) is -1.92. The first kappa shape index (κ1) is 9.15. The van der Waals surface area contributed by atoms with Crippen LogP contribution in [0.25, 0.3) is 10.9 Å². The Morgan fingerprint density at radius 2 is 1.86 bits per heavy atom. The average Bonchev–Trinajstić information content (AvgIpc) is 2.15. The van der Waals surface area contributed by atoms with Gasteiger partial charge in [-0.1, -0.05) is 11.6 Å². The number of nitrogens with zero attached hydrogens (tertiary/aromatic N) is 1. The number of benzene rings is 1. The second kappa shape index (κ2) is 3.06. The fourth-order valence-electron chi connectivity index (χ4n) is 1.17. The van der Waals surface area contributed by atoms with E-state index in [0.29, 0.717) is 5.39 Å². The summed E-state index contributed by atoms with van der Waals surface area (Å²) in [6.45, 7) is 0. The van der Waals surface area contributed by atoms with Crippen molar-refractivity contribution >= 4 is 28.2 Å². The van der Waals surface area contributed by atoms with Gasteiger partial charge in [-0.25, -0.2) is 8.78 Å². The smallest absolute Gasteiger partial charge is 0.161 e. The highest BCUT2D eigenvalue weighted by molar-refractivity contribution is 6.37. The van der Waals surface area contributed by atoms with Crippen molar-refractivity contribution in [1.29, 1.82) is 0 Å². The molecule has 1 aromatic heterocycles. The molecule has 0 spiro atoms. The molecule has 1 heterocycles. The standard InChI is InChI=1S/C9H5ClF2N2/c10-9-4-1-5(11)6(12)2-8(4)14-3-7(9)13/h1-3H,13H2. The SMILES string of the molecule is Nc1cnc2cc(F)c(F)cc2c1Cl. The topological polar surface area (TPSA) is 38.9 Å². The molecule has 2 aromatic rings. The Kier molecular flexibility index (Phi) is 2.00. The van der Waals surface area contributed by atoms with Crippen molar-refractivity contribution in [2.45, 2.75) is 0 Å². The van der Waals surface area contributed by atoms with Crippen LogP contribution in [0.2, 0.25) is 5.02 Å². The van der Waals surface area contributed by atoms with E-state index in [1.54, 1.807) is 0 Å². The van der Waals surface area contributed by atoms with Gasteiger partial charge in [-0.2, -0.15) is 0 Å². The number of anilines is 1. The molecule has 0 aliphatic heterocycles. The number of nitrogen functional groups attached to an aromatic ring is 1. The van der Waals surface area contributed by atoms with E-state index in [1.165, 1.54) is 6.20 Å². The Balaban J connectivity index is 2.89. The molecular formula is C9H5ClF2N2. The van der Waals surface area contributed by atoms with Crippen molar-refractivity contribution in [2.24, 2.45) is 0 Å². The Morgan fingerprint density at radius 1 is 1.21 bits per heavy atom. The molecule has 0 unspecified atom stereocenters. The van der Waals surface area contributed by atoms with E-state index in [4.69, 9.17) is 17.3 Å². The van der Waals surface area contributed by atoms with Crippen LogP contribution in [0, 0.1) is 11.6 Å². The number of hydrogen-bond donors (Lipinski definition) is 1. The third kappa shape index (κ3) is 1.28. The van der Waals surface area contributed by atoms with E-state index in [-0.39, 0.29) is 16.2 Å². The van der Waals surface area contributed by atoms with Gasteiger partial charge in [-0.05, 0) is 6.07 Å². The maximum atomic E-state index is 12.9. The molecule has 1 aromatic carbocycles. The summed E-state index contributed by atoms with van der Waals surface area (Å²) in [5, 5.41) is 0.500. The van der Waals surface area contributed by atoms with Crippen molar-refractivity contribution in [1.82, 2.24) is 4.98 Å². The molecule has 14 heavy (non-hydrogen) atoms. The predicted octanol–water partition coefficient (Wildman–Crippen LogP) is 2.75. The minimum absolute atomic E-state index is 0.189. The third-order valence-corrected chi connectivity index (χ3v) is 2.29. The van der Waals surface area contributed by atoms with Gasteiger partial charge in [-0.15, -0.1) is 0 Å². The first-order valence-electron chi connectivity index (χ1n) is 3.78. The van der Waals surface area contributed by atoms with E-state index < -0.39 is 11.6 Å². The highest BCUT2D eigenvalue weighted by Gasteiger charge is 2.09. The first-order valence-corrected chi connectivity index (χ1v) is 4.16. The fourth-order valence-corrected chi connectivity index (χ4v) is 1.37. The van der Waals surface area contributed by atoms with Crippen LogP contribution in [0.15, 0.2) is 18.3 Å². The van der Waals surface area contributed by atoms with E-state index in [1.807, 2.05) is 0 Å². The Morgan fingerprint density at radius 3 is 2.57 bits per heavy atom. The van der Waals surface area contributed by atoms with E-state index in [2.05, 4.69) is 4.98 Å².